The van der Waals surface area contributed by atoms with Crippen molar-refractivity contribution in [2.45, 2.75) is 85.0 Å². The molecule has 7 nitrogen and oxygen atoms in total. The van der Waals surface area contributed by atoms with Crippen molar-refractivity contribution in [3.05, 3.63) is 41.7 Å². The third-order valence-electron chi connectivity index (χ3n) is 7.64. The van der Waals surface area contributed by atoms with Crippen LogP contribution in [0.2, 0.25) is 0 Å². The zero-order chi connectivity index (χ0) is 25.9. The minimum atomic E-state index is -1.23. The van der Waals surface area contributed by atoms with E-state index in [0.717, 1.165) is 35.9 Å². The number of carbonyl (C=O) groups is 2. The molecule has 2 aromatic rings. The molecule has 0 spiro atoms. The van der Waals surface area contributed by atoms with Gasteiger partial charge in [0.2, 0.25) is 0 Å². The highest BCUT2D eigenvalue weighted by molar-refractivity contribution is 5.88. The fourth-order valence-electron chi connectivity index (χ4n) is 4.91. The highest BCUT2D eigenvalue weighted by Gasteiger charge is 2.42. The van der Waals surface area contributed by atoms with Crippen LogP contribution in [0.15, 0.2) is 36.2 Å². The lowest BCUT2D eigenvalue weighted by Gasteiger charge is -2.34. The van der Waals surface area contributed by atoms with Crippen LogP contribution in [0.3, 0.4) is 0 Å². The number of aryl methyl sites for hydroxylation is 1. The number of nitrogens with zero attached hydrogens (tertiary/aromatic N) is 2. The maximum Gasteiger partial charge on any atom is 0.309 e. The molecule has 0 radical (unpaired) electrons. The molecule has 5 atom stereocenters. The van der Waals surface area contributed by atoms with Crippen molar-refractivity contribution in [2.24, 2.45) is 24.3 Å². The minimum Gasteiger partial charge on any atom is -0.457 e. The normalized spacial score (nSPS) is 31.1. The zero-order valence-electron chi connectivity index (χ0n) is 21.8. The van der Waals surface area contributed by atoms with Gasteiger partial charge in [-0.25, -0.2) is 4.98 Å². The number of esters is 1. The van der Waals surface area contributed by atoms with E-state index in [-0.39, 0.29) is 18.1 Å². The van der Waals surface area contributed by atoms with Gasteiger partial charge < -0.3 is 19.5 Å². The Balaban J connectivity index is 1.91. The van der Waals surface area contributed by atoms with Gasteiger partial charge in [0.25, 0.3) is 0 Å². The third-order valence-corrected chi connectivity index (χ3v) is 7.64. The standard InChI is InChI=1S/C28H40N2O5/c1-17-8-7-9-18(2)26(33)19(3)27(34)28(4,5)24(31)15-25(32)35-23(13-10-17)20-11-12-22-21(14-20)29-16-30(22)6/h10-12,14,16,18-19,23-24,26,31,33H,7-9,13,15H2,1-6H3/b17-10-/t18-,19+,23-,24-,26-/m0/s1. The molecule has 1 aromatic heterocycles. The third kappa shape index (κ3) is 6.19. The van der Waals surface area contributed by atoms with E-state index in [4.69, 9.17) is 4.74 Å². The molecule has 0 unspecified atom stereocenters. The predicted molar refractivity (Wildman–Crippen MR) is 136 cm³/mol. The fraction of sp³-hybridized carbons (Fsp3) is 0.607. The lowest BCUT2D eigenvalue weighted by atomic mass is 9.73. The van der Waals surface area contributed by atoms with Gasteiger partial charge in [0.15, 0.2) is 0 Å². The molecule has 2 N–H and O–H groups in total. The Hall–Kier alpha value is -2.51. The van der Waals surface area contributed by atoms with Crippen LogP contribution in [-0.2, 0) is 21.4 Å². The van der Waals surface area contributed by atoms with Crippen molar-refractivity contribution < 1.29 is 24.5 Å². The van der Waals surface area contributed by atoms with E-state index in [0.29, 0.717) is 6.42 Å². The summed E-state index contributed by atoms with van der Waals surface area (Å²) in [7, 11) is 1.93. The monoisotopic (exact) mass is 484 g/mol. The second kappa shape index (κ2) is 11.0. The molecule has 7 heteroatoms. The molecule has 0 bridgehead atoms. The van der Waals surface area contributed by atoms with Crippen molar-refractivity contribution in [1.29, 1.82) is 0 Å². The first-order chi connectivity index (χ1) is 16.4. The molecule has 0 saturated heterocycles. The molecular formula is C28H40N2O5. The Kier molecular flexibility index (Phi) is 8.54. The van der Waals surface area contributed by atoms with Crippen molar-refractivity contribution in [3.8, 4) is 0 Å². The average Bonchev–Trinajstić information content (AvgIpc) is 3.19. The van der Waals surface area contributed by atoms with Crippen LogP contribution in [0, 0.1) is 17.3 Å². The van der Waals surface area contributed by atoms with Gasteiger partial charge in [0.05, 0.1) is 41.4 Å². The number of ether oxygens (including phenoxy) is 1. The maximum atomic E-state index is 13.2. The Morgan fingerprint density at radius 3 is 2.60 bits per heavy atom. The van der Waals surface area contributed by atoms with E-state index in [1.54, 1.807) is 27.1 Å². The maximum absolute atomic E-state index is 13.2. The number of hydrogen-bond acceptors (Lipinski definition) is 6. The van der Waals surface area contributed by atoms with E-state index >= 15 is 0 Å². The summed E-state index contributed by atoms with van der Waals surface area (Å²) in [4.78, 5) is 30.6. The first kappa shape index (κ1) is 27.1. The van der Waals surface area contributed by atoms with Crippen LogP contribution in [0.4, 0.5) is 0 Å². The highest BCUT2D eigenvalue weighted by atomic mass is 16.5. The summed E-state index contributed by atoms with van der Waals surface area (Å²) >= 11 is 0. The second-order valence-corrected chi connectivity index (χ2v) is 10.8. The Morgan fingerprint density at radius 2 is 1.89 bits per heavy atom. The number of aliphatic hydroxyl groups excluding tert-OH is 2. The van der Waals surface area contributed by atoms with Gasteiger partial charge in [-0.1, -0.05) is 45.4 Å². The number of aromatic nitrogens is 2. The van der Waals surface area contributed by atoms with Gasteiger partial charge >= 0.3 is 5.97 Å². The molecule has 1 aliphatic heterocycles. The Morgan fingerprint density at radius 1 is 1.17 bits per heavy atom. The Labute approximate surface area is 208 Å². The van der Waals surface area contributed by atoms with Crippen LogP contribution in [0.5, 0.6) is 0 Å². The van der Waals surface area contributed by atoms with Gasteiger partial charge in [-0.3, -0.25) is 9.59 Å². The van der Waals surface area contributed by atoms with Crippen LogP contribution in [0.25, 0.3) is 11.0 Å². The number of imidazole rings is 1. The molecule has 0 aliphatic carbocycles. The molecule has 192 valence electrons. The molecule has 35 heavy (non-hydrogen) atoms. The zero-order valence-corrected chi connectivity index (χ0v) is 21.8. The molecule has 0 amide bonds. The predicted octanol–water partition coefficient (Wildman–Crippen LogP) is 4.66. The second-order valence-electron chi connectivity index (χ2n) is 10.8. The number of allylic oxidation sites excluding steroid dienone is 1. The molecule has 1 aromatic carbocycles. The van der Waals surface area contributed by atoms with Crippen molar-refractivity contribution >= 4 is 22.8 Å². The molecule has 2 heterocycles. The smallest absolute Gasteiger partial charge is 0.309 e. The van der Waals surface area contributed by atoms with Gasteiger partial charge in [-0.05, 0) is 49.8 Å². The summed E-state index contributed by atoms with van der Waals surface area (Å²) in [5.41, 5.74) is 2.63. The topological polar surface area (TPSA) is 102 Å². The van der Waals surface area contributed by atoms with E-state index in [2.05, 4.69) is 18.0 Å². The molecule has 0 fully saturated rings. The van der Waals surface area contributed by atoms with Crippen LogP contribution < -0.4 is 0 Å². The Bertz CT molecular complexity index is 1090. The number of rotatable bonds is 1. The summed E-state index contributed by atoms with van der Waals surface area (Å²) in [6, 6.07) is 5.84. The number of fused-ring (bicyclic) bond motifs is 1. The molecular weight excluding hydrogens is 444 g/mol. The SMILES string of the molecule is C/C1=C/C[C@@H](c2ccc3c(c2)ncn3C)OC(=O)C[C@H](O)C(C)(C)C(=O)[C@H](C)[C@@H](O)[C@@H](C)CCC1. The summed E-state index contributed by atoms with van der Waals surface area (Å²) in [6.45, 7) is 8.98. The number of benzene rings is 1. The number of Topliss-reactive ketones (excluding diaryl/α,β-unsaturated/α-hetero) is 1. The summed E-state index contributed by atoms with van der Waals surface area (Å²) < 4.78 is 7.80. The molecule has 0 saturated carbocycles. The van der Waals surface area contributed by atoms with Crippen LogP contribution in [-0.4, -0.2) is 43.7 Å². The first-order valence-corrected chi connectivity index (χ1v) is 12.6. The lowest BCUT2D eigenvalue weighted by Crippen LogP contribution is -2.45. The van der Waals surface area contributed by atoms with E-state index < -0.39 is 35.6 Å². The number of ketones is 1. The van der Waals surface area contributed by atoms with Gasteiger partial charge in [0, 0.05) is 19.4 Å². The number of carbonyl (C=O) groups excluding carboxylic acids is 2. The van der Waals surface area contributed by atoms with Crippen LogP contribution in [0.1, 0.15) is 78.4 Å². The quantitative estimate of drug-likeness (QED) is 0.451. The number of aliphatic hydroxyl groups is 2. The highest BCUT2D eigenvalue weighted by Crippen LogP contribution is 2.33. The van der Waals surface area contributed by atoms with Gasteiger partial charge in [-0.15, -0.1) is 0 Å². The fourth-order valence-corrected chi connectivity index (χ4v) is 4.91. The summed E-state index contributed by atoms with van der Waals surface area (Å²) in [5.74, 6) is -1.51. The first-order valence-electron chi connectivity index (χ1n) is 12.6. The summed E-state index contributed by atoms with van der Waals surface area (Å²) in [5, 5.41) is 21.7. The number of hydrogen-bond donors (Lipinski definition) is 2. The van der Waals surface area contributed by atoms with Crippen molar-refractivity contribution in [2.75, 3.05) is 0 Å². The minimum absolute atomic E-state index is 0.0505. The van der Waals surface area contributed by atoms with Crippen molar-refractivity contribution in [3.63, 3.8) is 0 Å². The average molecular weight is 485 g/mol. The molecule has 1 aliphatic rings. The van der Waals surface area contributed by atoms with Crippen molar-refractivity contribution in [1.82, 2.24) is 9.55 Å². The lowest BCUT2D eigenvalue weighted by molar-refractivity contribution is -0.155. The van der Waals surface area contributed by atoms with E-state index in [9.17, 15) is 19.8 Å². The summed E-state index contributed by atoms with van der Waals surface area (Å²) in [6.07, 6.45) is 4.04. The number of cyclic esters (lactones) is 1. The van der Waals surface area contributed by atoms with Crippen LogP contribution >= 0.6 is 0 Å². The molecule has 3 rings (SSSR count). The van der Waals surface area contributed by atoms with E-state index in [1.807, 2.05) is 36.7 Å². The van der Waals surface area contributed by atoms with E-state index in [1.165, 1.54) is 5.57 Å². The van der Waals surface area contributed by atoms with Gasteiger partial charge in [-0.2, -0.15) is 0 Å². The van der Waals surface area contributed by atoms with Gasteiger partial charge in [0.1, 0.15) is 11.9 Å². The largest absolute Gasteiger partial charge is 0.457 e.